The maximum absolute atomic E-state index is 12.5. The molecule has 0 aliphatic heterocycles. The van der Waals surface area contributed by atoms with Gasteiger partial charge >= 0.3 is 0 Å². The van der Waals surface area contributed by atoms with E-state index in [1.54, 1.807) is 19.0 Å². The molecule has 1 aliphatic carbocycles. The Kier molecular flexibility index (Phi) is 5.47. The summed E-state index contributed by atoms with van der Waals surface area (Å²) in [6, 6.07) is 0. The SMILES string of the molecule is CN(C)C(=O)C1CCCC/C1=[N+](\[O-])O[Si](C)(C)C(C)(C)C. The van der Waals surface area contributed by atoms with Gasteiger partial charge in [0.15, 0.2) is 8.32 Å². The maximum Gasteiger partial charge on any atom is 0.235 e. The van der Waals surface area contributed by atoms with E-state index in [2.05, 4.69) is 20.8 Å². The first-order valence-electron chi connectivity index (χ1n) is 7.70. The summed E-state index contributed by atoms with van der Waals surface area (Å²) in [7, 11) is 1.29. The smallest absolute Gasteiger partial charge is 0.235 e. The third kappa shape index (κ3) is 4.22. The van der Waals surface area contributed by atoms with E-state index in [-0.39, 0.29) is 16.9 Å². The predicted octanol–water partition coefficient (Wildman–Crippen LogP) is 3.15. The van der Waals surface area contributed by atoms with Crippen LogP contribution in [0.5, 0.6) is 0 Å². The van der Waals surface area contributed by atoms with E-state index in [1.807, 2.05) is 13.1 Å². The lowest BCUT2D eigenvalue weighted by atomic mass is 9.86. The zero-order valence-corrected chi connectivity index (χ0v) is 15.5. The summed E-state index contributed by atoms with van der Waals surface area (Å²) in [6.07, 6.45) is 3.34. The van der Waals surface area contributed by atoms with Crippen molar-refractivity contribution in [2.45, 2.75) is 64.6 Å². The zero-order valence-electron chi connectivity index (χ0n) is 14.5. The molecule has 21 heavy (non-hydrogen) atoms. The Morgan fingerprint density at radius 1 is 1.33 bits per heavy atom. The third-order valence-corrected chi connectivity index (χ3v) is 8.90. The Morgan fingerprint density at radius 2 is 1.90 bits per heavy atom. The molecule has 0 saturated heterocycles. The highest BCUT2D eigenvalue weighted by Gasteiger charge is 2.40. The molecule has 0 aromatic rings. The first kappa shape index (κ1) is 18.0. The summed E-state index contributed by atoms with van der Waals surface area (Å²) in [5.74, 6) is -0.319. The summed E-state index contributed by atoms with van der Waals surface area (Å²) in [5.41, 5.74) is 0.602. The number of hydrogen-bond donors (Lipinski definition) is 0. The first-order chi connectivity index (χ1) is 9.47. The van der Waals surface area contributed by atoms with E-state index < -0.39 is 8.32 Å². The Balaban J connectivity index is 3.04. The van der Waals surface area contributed by atoms with Crippen molar-refractivity contribution in [3.63, 3.8) is 0 Å². The van der Waals surface area contributed by atoms with E-state index in [4.69, 9.17) is 4.53 Å². The average Bonchev–Trinajstić information content (AvgIpc) is 2.35. The maximum atomic E-state index is 12.5. The molecule has 0 N–H and O–H groups in total. The summed E-state index contributed by atoms with van der Waals surface area (Å²) in [5, 5.41) is 12.5. The van der Waals surface area contributed by atoms with E-state index in [9.17, 15) is 10.0 Å². The van der Waals surface area contributed by atoms with Gasteiger partial charge in [0.2, 0.25) is 11.6 Å². The van der Waals surface area contributed by atoms with Crippen molar-refractivity contribution in [3.05, 3.63) is 5.21 Å². The van der Waals surface area contributed by atoms with E-state index in [0.29, 0.717) is 17.0 Å². The molecule has 0 spiro atoms. The van der Waals surface area contributed by atoms with Crippen LogP contribution in [0, 0.1) is 11.1 Å². The first-order valence-corrected chi connectivity index (χ1v) is 10.6. The molecule has 5 nitrogen and oxygen atoms in total. The van der Waals surface area contributed by atoms with Gasteiger partial charge in [-0.3, -0.25) is 10.0 Å². The van der Waals surface area contributed by atoms with Gasteiger partial charge in [-0.25, -0.2) is 0 Å². The van der Waals surface area contributed by atoms with Crippen molar-refractivity contribution in [1.29, 1.82) is 0 Å². The number of amides is 1. The Labute approximate surface area is 129 Å². The number of nitrogens with zero attached hydrogens (tertiary/aromatic N) is 2. The van der Waals surface area contributed by atoms with Crippen molar-refractivity contribution < 1.29 is 14.2 Å². The minimum Gasteiger partial charge on any atom is -0.443 e. The molecular weight excluding hydrogens is 284 g/mol. The fourth-order valence-electron chi connectivity index (χ4n) is 2.19. The Hall–Kier alpha value is -1.04. The summed E-state index contributed by atoms with van der Waals surface area (Å²) in [6.45, 7) is 10.4. The number of hydrogen-bond acceptors (Lipinski definition) is 3. The van der Waals surface area contributed by atoms with Crippen LogP contribution < -0.4 is 0 Å². The van der Waals surface area contributed by atoms with Crippen molar-refractivity contribution in [2.24, 2.45) is 5.92 Å². The fraction of sp³-hybridized carbons (Fsp3) is 0.867. The predicted molar refractivity (Wildman–Crippen MR) is 87.6 cm³/mol. The van der Waals surface area contributed by atoms with Crippen LogP contribution in [-0.4, -0.2) is 43.8 Å². The molecule has 0 aromatic heterocycles. The zero-order chi connectivity index (χ0) is 16.4. The van der Waals surface area contributed by atoms with Crippen molar-refractivity contribution in [3.8, 4) is 0 Å². The van der Waals surface area contributed by atoms with Gasteiger partial charge < -0.3 is 9.43 Å². The van der Waals surface area contributed by atoms with Crippen LogP contribution >= 0.6 is 0 Å². The van der Waals surface area contributed by atoms with E-state index in [1.165, 1.54) is 0 Å². The quantitative estimate of drug-likeness (QED) is 0.457. The summed E-state index contributed by atoms with van der Waals surface area (Å²) in [4.78, 5) is 14.5. The lowest BCUT2D eigenvalue weighted by Crippen LogP contribution is -2.46. The number of carbonyl (C=O) groups is 1. The van der Waals surface area contributed by atoms with Gasteiger partial charge in [0.05, 0.1) is 0 Å². The molecule has 0 heterocycles. The highest BCUT2D eigenvalue weighted by molar-refractivity contribution is 6.73. The Morgan fingerprint density at radius 3 is 2.38 bits per heavy atom. The van der Waals surface area contributed by atoms with Crippen LogP contribution in [0.4, 0.5) is 0 Å². The number of rotatable bonds is 3. The topological polar surface area (TPSA) is 55.6 Å². The second-order valence-electron chi connectivity index (χ2n) is 7.63. The second kappa shape index (κ2) is 6.38. The van der Waals surface area contributed by atoms with Gasteiger partial charge in [-0.2, -0.15) is 0 Å². The van der Waals surface area contributed by atoms with Gasteiger partial charge in [-0.15, -0.1) is 0 Å². The normalized spacial score (nSPS) is 22.7. The van der Waals surface area contributed by atoms with Crippen molar-refractivity contribution in [1.82, 2.24) is 4.90 Å². The van der Waals surface area contributed by atoms with Crippen LogP contribution in [0.15, 0.2) is 0 Å². The average molecular weight is 315 g/mol. The Bertz CT molecular complexity index is 425. The van der Waals surface area contributed by atoms with E-state index >= 15 is 0 Å². The molecule has 0 bridgehead atoms. The monoisotopic (exact) mass is 314 g/mol. The lowest BCUT2D eigenvalue weighted by Gasteiger charge is -2.38. The molecular formula is C15H30N2O3Si. The van der Waals surface area contributed by atoms with Gasteiger partial charge in [0, 0.05) is 25.4 Å². The lowest BCUT2D eigenvalue weighted by molar-refractivity contribution is -0.707. The molecule has 1 fully saturated rings. The summed E-state index contributed by atoms with van der Waals surface area (Å²) >= 11 is 0. The fourth-order valence-corrected chi connectivity index (χ4v) is 3.00. The van der Waals surface area contributed by atoms with Crippen molar-refractivity contribution >= 4 is 19.9 Å². The van der Waals surface area contributed by atoms with Gasteiger partial charge in [-0.05, 0) is 17.9 Å². The molecule has 122 valence electrons. The summed E-state index contributed by atoms with van der Waals surface area (Å²) < 4.78 is 5.81. The minimum atomic E-state index is -2.18. The van der Waals surface area contributed by atoms with Crippen LogP contribution in [0.25, 0.3) is 0 Å². The van der Waals surface area contributed by atoms with Gasteiger partial charge in [0.1, 0.15) is 5.92 Å². The third-order valence-electron chi connectivity index (χ3n) is 4.67. The molecule has 1 atom stereocenters. The van der Waals surface area contributed by atoms with E-state index in [0.717, 1.165) is 19.3 Å². The van der Waals surface area contributed by atoms with Crippen LogP contribution in [0.2, 0.25) is 18.1 Å². The van der Waals surface area contributed by atoms with Crippen LogP contribution in [0.3, 0.4) is 0 Å². The van der Waals surface area contributed by atoms with Crippen LogP contribution in [0.1, 0.15) is 46.5 Å². The van der Waals surface area contributed by atoms with Gasteiger partial charge in [-0.1, -0.05) is 40.3 Å². The highest BCUT2D eigenvalue weighted by Crippen LogP contribution is 2.37. The molecule has 0 radical (unpaired) electrons. The second-order valence-corrected chi connectivity index (χ2v) is 12.3. The van der Waals surface area contributed by atoms with Crippen molar-refractivity contribution in [2.75, 3.05) is 14.1 Å². The van der Waals surface area contributed by atoms with Crippen LogP contribution in [-0.2, 0) is 9.32 Å². The molecule has 1 unspecified atom stereocenters. The molecule has 1 aliphatic rings. The molecule has 6 heteroatoms. The largest absolute Gasteiger partial charge is 0.443 e. The molecule has 1 saturated carbocycles. The highest BCUT2D eigenvalue weighted by atomic mass is 28.4. The standard InChI is InChI=1S/C15H30N2O3Si/c1-15(2,3)21(6,7)20-17(19)13-11-9-8-10-12(13)14(18)16(4)5/h12H,8-11H2,1-7H3/b17-13-. The van der Waals surface area contributed by atoms with Gasteiger partial charge in [0.25, 0.3) is 0 Å². The molecule has 1 amide bonds. The minimum absolute atomic E-state index is 0.00406. The molecule has 0 aromatic carbocycles. The number of carbonyl (C=O) groups excluding carboxylic acids is 1. The molecule has 1 rings (SSSR count).